The molecule has 0 saturated heterocycles. The molecule has 1 atom stereocenters. The number of hydrogen-bond donors (Lipinski definition) is 0. The van der Waals surface area contributed by atoms with Crippen LogP contribution in [0.1, 0.15) is 5.56 Å². The highest BCUT2D eigenvalue weighted by atomic mass is 32.2. The molecule has 0 fully saturated rings. The molecule has 0 spiro atoms. The number of rotatable bonds is 2. The van der Waals surface area contributed by atoms with Crippen molar-refractivity contribution in [3.63, 3.8) is 0 Å². The second kappa shape index (κ2) is 3.66. The van der Waals surface area contributed by atoms with Crippen LogP contribution in [0.15, 0.2) is 46.9 Å². The van der Waals surface area contributed by atoms with Crippen LogP contribution < -0.4 is 0 Å². The fourth-order valence-corrected chi connectivity index (χ4v) is 1.99. The topological polar surface area (TPSA) is 29.4 Å². The summed E-state index contributed by atoms with van der Waals surface area (Å²) >= 11 is 0. The molecule has 0 radical (unpaired) electrons. The SMILES string of the molecule is O=S1C=CN=C1Cc1ccccc1. The second-order valence-corrected chi connectivity index (χ2v) is 4.11. The molecule has 3 heteroatoms. The zero-order valence-electron chi connectivity index (χ0n) is 7.01. The second-order valence-electron chi connectivity index (χ2n) is 2.77. The van der Waals surface area contributed by atoms with E-state index in [9.17, 15) is 4.21 Å². The van der Waals surface area contributed by atoms with Crippen LogP contribution in [0.2, 0.25) is 0 Å². The van der Waals surface area contributed by atoms with Gasteiger partial charge >= 0.3 is 0 Å². The van der Waals surface area contributed by atoms with Gasteiger partial charge in [0.2, 0.25) is 0 Å². The molecule has 66 valence electrons. The zero-order chi connectivity index (χ0) is 9.10. The number of hydrogen-bond acceptors (Lipinski definition) is 2. The molecule has 2 rings (SSSR count). The van der Waals surface area contributed by atoms with E-state index in [1.165, 1.54) is 0 Å². The van der Waals surface area contributed by atoms with E-state index in [0.717, 1.165) is 10.6 Å². The van der Waals surface area contributed by atoms with E-state index in [1.807, 2.05) is 30.3 Å². The molecule has 0 N–H and O–H groups in total. The lowest BCUT2D eigenvalue weighted by molar-refractivity contribution is 0.694. The van der Waals surface area contributed by atoms with E-state index in [4.69, 9.17) is 0 Å². The first kappa shape index (κ1) is 8.38. The molecule has 2 nitrogen and oxygen atoms in total. The molecule has 13 heavy (non-hydrogen) atoms. The van der Waals surface area contributed by atoms with Gasteiger partial charge in [0.1, 0.15) is 5.04 Å². The predicted molar refractivity (Wildman–Crippen MR) is 54.9 cm³/mol. The minimum absolute atomic E-state index is 0.681. The highest BCUT2D eigenvalue weighted by molar-refractivity contribution is 8.03. The van der Waals surface area contributed by atoms with Crippen LogP contribution in [0.5, 0.6) is 0 Å². The van der Waals surface area contributed by atoms with Gasteiger partial charge in [0.15, 0.2) is 0 Å². The van der Waals surface area contributed by atoms with E-state index in [2.05, 4.69) is 4.99 Å². The molecule has 0 saturated carbocycles. The fraction of sp³-hybridized carbons (Fsp3) is 0.100. The average Bonchev–Trinajstić information content (AvgIpc) is 2.54. The maximum Gasteiger partial charge on any atom is 0.113 e. The zero-order valence-corrected chi connectivity index (χ0v) is 7.83. The highest BCUT2D eigenvalue weighted by Crippen LogP contribution is 2.08. The lowest BCUT2D eigenvalue weighted by Crippen LogP contribution is -2.05. The van der Waals surface area contributed by atoms with Gasteiger partial charge in [-0.1, -0.05) is 30.3 Å². The molecular weight excluding hydrogens is 182 g/mol. The van der Waals surface area contributed by atoms with Crippen molar-refractivity contribution in [3.8, 4) is 0 Å². The monoisotopic (exact) mass is 191 g/mol. The van der Waals surface area contributed by atoms with Crippen LogP contribution in [0, 0.1) is 0 Å². The van der Waals surface area contributed by atoms with Crippen LogP contribution in [-0.2, 0) is 17.2 Å². The van der Waals surface area contributed by atoms with Gasteiger partial charge in [-0.15, -0.1) is 0 Å². The van der Waals surface area contributed by atoms with Gasteiger partial charge in [-0.2, -0.15) is 0 Å². The third kappa shape index (κ3) is 1.92. The minimum Gasteiger partial charge on any atom is -0.250 e. The third-order valence-electron chi connectivity index (χ3n) is 1.83. The van der Waals surface area contributed by atoms with E-state index < -0.39 is 10.8 Å². The Bertz CT molecular complexity index is 381. The number of nitrogens with zero attached hydrogens (tertiary/aromatic N) is 1. The smallest absolute Gasteiger partial charge is 0.113 e. The summed E-state index contributed by atoms with van der Waals surface area (Å²) in [5.41, 5.74) is 1.15. The van der Waals surface area contributed by atoms with Gasteiger partial charge in [-0.3, -0.25) is 4.99 Å². The van der Waals surface area contributed by atoms with Crippen molar-refractivity contribution >= 4 is 15.8 Å². The lowest BCUT2D eigenvalue weighted by Gasteiger charge is -1.98. The first-order valence-electron chi connectivity index (χ1n) is 4.04. The average molecular weight is 191 g/mol. The van der Waals surface area contributed by atoms with E-state index >= 15 is 0 Å². The summed E-state index contributed by atoms with van der Waals surface area (Å²) < 4.78 is 11.3. The summed E-state index contributed by atoms with van der Waals surface area (Å²) in [6, 6.07) is 9.94. The largest absolute Gasteiger partial charge is 0.250 e. The Morgan fingerprint density at radius 1 is 1.23 bits per heavy atom. The van der Waals surface area contributed by atoms with E-state index in [1.54, 1.807) is 11.6 Å². The molecule has 0 aliphatic carbocycles. The maximum atomic E-state index is 11.3. The van der Waals surface area contributed by atoms with Crippen molar-refractivity contribution in [1.29, 1.82) is 0 Å². The van der Waals surface area contributed by atoms with Gasteiger partial charge in [-0.25, -0.2) is 4.21 Å². The van der Waals surface area contributed by atoms with Crippen molar-refractivity contribution in [2.24, 2.45) is 4.99 Å². The van der Waals surface area contributed by atoms with Crippen molar-refractivity contribution < 1.29 is 4.21 Å². The Kier molecular flexibility index (Phi) is 2.36. The first-order valence-corrected chi connectivity index (χ1v) is 5.25. The number of aliphatic imine (C=N–C) groups is 1. The standard InChI is InChI=1S/C10H9NOS/c12-13-7-6-11-10(13)8-9-4-2-1-3-5-9/h1-7H,8H2. The first-order chi connectivity index (χ1) is 6.36. The summed E-state index contributed by atoms with van der Waals surface area (Å²) in [6.07, 6.45) is 2.29. The van der Waals surface area contributed by atoms with Crippen molar-refractivity contribution in [2.45, 2.75) is 6.42 Å². The van der Waals surface area contributed by atoms with Crippen molar-refractivity contribution in [2.75, 3.05) is 0 Å². The highest BCUT2D eigenvalue weighted by Gasteiger charge is 2.10. The van der Waals surface area contributed by atoms with Gasteiger partial charge < -0.3 is 0 Å². The van der Waals surface area contributed by atoms with Crippen LogP contribution in [0.4, 0.5) is 0 Å². The molecule has 1 heterocycles. The summed E-state index contributed by atoms with van der Waals surface area (Å²) in [7, 11) is -0.992. The molecular formula is C10H9NOS. The fourth-order valence-electron chi connectivity index (χ4n) is 1.19. The van der Waals surface area contributed by atoms with Gasteiger partial charge in [0.05, 0.1) is 10.8 Å². The summed E-state index contributed by atoms with van der Waals surface area (Å²) in [5, 5.41) is 2.35. The van der Waals surface area contributed by atoms with Crippen LogP contribution >= 0.6 is 0 Å². The molecule has 1 aromatic carbocycles. The molecule has 0 amide bonds. The van der Waals surface area contributed by atoms with Gasteiger partial charge in [-0.05, 0) is 5.56 Å². The normalized spacial score (nSPS) is 20.3. The van der Waals surface area contributed by atoms with Crippen LogP contribution in [-0.4, -0.2) is 9.25 Å². The molecule has 0 bridgehead atoms. The van der Waals surface area contributed by atoms with Gasteiger partial charge in [0, 0.05) is 18.0 Å². The Balaban J connectivity index is 2.12. The van der Waals surface area contributed by atoms with E-state index in [-0.39, 0.29) is 0 Å². The summed E-state index contributed by atoms with van der Waals surface area (Å²) in [6.45, 7) is 0. The lowest BCUT2D eigenvalue weighted by atomic mass is 10.2. The van der Waals surface area contributed by atoms with Crippen molar-refractivity contribution in [3.05, 3.63) is 47.5 Å². The van der Waals surface area contributed by atoms with Crippen molar-refractivity contribution in [1.82, 2.24) is 0 Å². The number of benzene rings is 1. The van der Waals surface area contributed by atoms with Crippen LogP contribution in [0.25, 0.3) is 0 Å². The summed E-state index contributed by atoms with van der Waals surface area (Å²) in [5.74, 6) is 0. The molecule has 0 aromatic heterocycles. The summed E-state index contributed by atoms with van der Waals surface area (Å²) in [4.78, 5) is 4.05. The Hall–Kier alpha value is -1.22. The Morgan fingerprint density at radius 3 is 2.62 bits per heavy atom. The Labute approximate surface area is 79.5 Å². The quantitative estimate of drug-likeness (QED) is 0.701. The molecule has 1 aliphatic rings. The third-order valence-corrected chi connectivity index (χ3v) is 2.92. The molecule has 1 aromatic rings. The predicted octanol–water partition coefficient (Wildman–Crippen LogP) is 1.86. The minimum atomic E-state index is -0.992. The molecule has 1 unspecified atom stereocenters. The van der Waals surface area contributed by atoms with Gasteiger partial charge in [0.25, 0.3) is 0 Å². The van der Waals surface area contributed by atoms with E-state index in [0.29, 0.717) is 6.42 Å². The maximum absolute atomic E-state index is 11.3. The Morgan fingerprint density at radius 2 is 2.00 bits per heavy atom. The molecule has 1 aliphatic heterocycles. The van der Waals surface area contributed by atoms with Crippen LogP contribution in [0.3, 0.4) is 0 Å².